The number of rotatable bonds is 12. The first-order valence-electron chi connectivity index (χ1n) is 11.7. The molecule has 2 rings (SSSR count). The third-order valence-corrected chi connectivity index (χ3v) is 6.91. The Morgan fingerprint density at radius 2 is 1.69 bits per heavy atom. The molecule has 2 aromatic carbocycles. The fourth-order valence-corrected chi connectivity index (χ4v) is 4.44. The molecule has 0 radical (unpaired) electrons. The molecular weight excluding hydrogens is 482 g/mol. The van der Waals surface area contributed by atoms with Gasteiger partial charge in [0.25, 0.3) is 0 Å². The number of carbonyl (C=O) groups is 2. The lowest BCUT2D eigenvalue weighted by molar-refractivity contribution is -0.139. The molecule has 0 bridgehead atoms. The van der Waals surface area contributed by atoms with E-state index in [-0.39, 0.29) is 29.8 Å². The van der Waals surface area contributed by atoms with Gasteiger partial charge in [-0.25, -0.2) is 8.42 Å². The van der Waals surface area contributed by atoms with Crippen molar-refractivity contribution in [1.29, 1.82) is 0 Å². The summed E-state index contributed by atoms with van der Waals surface area (Å²) in [4.78, 5) is 28.0. The van der Waals surface area contributed by atoms with Gasteiger partial charge >= 0.3 is 0 Å². The minimum absolute atomic E-state index is 0.147. The Kier molecular flexibility index (Phi) is 10.2. The van der Waals surface area contributed by atoms with Gasteiger partial charge in [-0.3, -0.25) is 13.9 Å². The molecule has 36 heavy (non-hydrogen) atoms. The number of nitrogens with zero attached hydrogens (tertiary/aromatic N) is 2. The molecule has 0 aliphatic heterocycles. The first-order valence-corrected chi connectivity index (χ1v) is 13.5. The van der Waals surface area contributed by atoms with E-state index in [4.69, 9.17) is 9.47 Å². The first kappa shape index (κ1) is 29.0. The highest BCUT2D eigenvalue weighted by atomic mass is 32.2. The van der Waals surface area contributed by atoms with Crippen LogP contribution in [0.1, 0.15) is 31.9 Å². The van der Waals surface area contributed by atoms with Crippen molar-refractivity contribution in [3.05, 3.63) is 53.6 Å². The third kappa shape index (κ3) is 7.61. The van der Waals surface area contributed by atoms with E-state index in [1.165, 1.54) is 25.2 Å². The van der Waals surface area contributed by atoms with Crippen LogP contribution in [-0.2, 0) is 26.2 Å². The highest BCUT2D eigenvalue weighted by Gasteiger charge is 2.31. The molecule has 2 amide bonds. The molecule has 0 saturated heterocycles. The molecule has 0 heterocycles. The number of methoxy groups -OCH3 is 2. The van der Waals surface area contributed by atoms with Gasteiger partial charge in [-0.1, -0.05) is 38.1 Å². The molecule has 0 saturated carbocycles. The van der Waals surface area contributed by atoms with Crippen LogP contribution in [0.25, 0.3) is 0 Å². The van der Waals surface area contributed by atoms with E-state index in [1.54, 1.807) is 19.1 Å². The van der Waals surface area contributed by atoms with Gasteiger partial charge in [0.15, 0.2) is 0 Å². The predicted octanol–water partition coefficient (Wildman–Crippen LogP) is 2.97. The Bertz CT molecular complexity index is 1170. The molecule has 0 aliphatic carbocycles. The van der Waals surface area contributed by atoms with Crippen molar-refractivity contribution in [2.24, 2.45) is 5.92 Å². The van der Waals surface area contributed by atoms with Gasteiger partial charge in [-0.05, 0) is 43.0 Å². The molecule has 198 valence electrons. The van der Waals surface area contributed by atoms with Gasteiger partial charge in [-0.15, -0.1) is 0 Å². The van der Waals surface area contributed by atoms with Gasteiger partial charge in [-0.2, -0.15) is 0 Å². The van der Waals surface area contributed by atoms with E-state index in [2.05, 4.69) is 5.32 Å². The van der Waals surface area contributed by atoms with Crippen molar-refractivity contribution in [2.75, 3.05) is 37.9 Å². The zero-order valence-electron chi connectivity index (χ0n) is 22.1. The van der Waals surface area contributed by atoms with Gasteiger partial charge in [0, 0.05) is 19.2 Å². The second kappa shape index (κ2) is 12.6. The van der Waals surface area contributed by atoms with Crippen molar-refractivity contribution < 1.29 is 27.5 Å². The first-order chi connectivity index (χ1) is 16.9. The summed E-state index contributed by atoms with van der Waals surface area (Å²) in [5.41, 5.74) is 1.99. The molecule has 1 atom stereocenters. The second-order valence-electron chi connectivity index (χ2n) is 9.07. The van der Waals surface area contributed by atoms with Gasteiger partial charge < -0.3 is 19.7 Å². The average molecular weight is 520 g/mol. The number of aryl methyl sites for hydroxylation is 1. The molecule has 0 spiro atoms. The Hall–Kier alpha value is -3.27. The number of ether oxygens (including phenoxy) is 2. The average Bonchev–Trinajstić information content (AvgIpc) is 2.83. The molecule has 0 fully saturated rings. The van der Waals surface area contributed by atoms with E-state index < -0.39 is 28.5 Å². The Morgan fingerprint density at radius 3 is 2.25 bits per heavy atom. The van der Waals surface area contributed by atoms with Crippen LogP contribution in [0.3, 0.4) is 0 Å². The number of nitrogens with one attached hydrogen (secondary N) is 1. The Labute approximate surface area is 214 Å². The van der Waals surface area contributed by atoms with E-state index in [1.807, 2.05) is 45.0 Å². The summed E-state index contributed by atoms with van der Waals surface area (Å²) in [6.45, 7) is 7.62. The maximum atomic E-state index is 13.7. The summed E-state index contributed by atoms with van der Waals surface area (Å²) < 4.78 is 37.3. The fraction of sp³-hybridized carbons (Fsp3) is 0.462. The topological polar surface area (TPSA) is 105 Å². The van der Waals surface area contributed by atoms with Crippen LogP contribution in [0.15, 0.2) is 42.5 Å². The highest BCUT2D eigenvalue weighted by molar-refractivity contribution is 7.92. The maximum Gasteiger partial charge on any atom is 0.244 e. The lowest BCUT2D eigenvalue weighted by atomic mass is 10.1. The normalized spacial score (nSPS) is 12.1. The predicted molar refractivity (Wildman–Crippen MR) is 141 cm³/mol. The SMILES string of the molecule is COc1ccc(OC)c(N(CC(=O)N(Cc2ccccc2C)C(C)C(=O)NCC(C)C)S(C)(=O)=O)c1. The zero-order chi connectivity index (χ0) is 27.0. The minimum Gasteiger partial charge on any atom is -0.497 e. The van der Waals surface area contributed by atoms with Crippen LogP contribution in [0.5, 0.6) is 11.5 Å². The van der Waals surface area contributed by atoms with Crippen LogP contribution >= 0.6 is 0 Å². The largest absolute Gasteiger partial charge is 0.497 e. The number of amides is 2. The van der Waals surface area contributed by atoms with Crippen LogP contribution in [0.2, 0.25) is 0 Å². The van der Waals surface area contributed by atoms with Crippen molar-refractivity contribution >= 4 is 27.5 Å². The summed E-state index contributed by atoms with van der Waals surface area (Å²) in [7, 11) is -1.03. The maximum absolute atomic E-state index is 13.7. The molecule has 1 N–H and O–H groups in total. The standard InChI is InChI=1S/C26H37N3O6S/c1-18(2)15-27-26(31)20(4)28(16-21-11-9-8-10-19(21)3)25(30)17-29(36(7,32)33)23-14-22(34-5)12-13-24(23)35-6/h8-14,18,20H,15-17H2,1-7H3,(H,27,31). The fourth-order valence-electron chi connectivity index (χ4n) is 3.59. The summed E-state index contributed by atoms with van der Waals surface area (Å²) in [6, 6.07) is 11.4. The number of hydrogen-bond acceptors (Lipinski definition) is 6. The number of benzene rings is 2. The lowest BCUT2D eigenvalue weighted by Crippen LogP contribution is -2.51. The van der Waals surface area contributed by atoms with Crippen molar-refractivity contribution in [3.63, 3.8) is 0 Å². The number of anilines is 1. The Morgan fingerprint density at radius 1 is 1.03 bits per heavy atom. The molecule has 10 heteroatoms. The second-order valence-corrected chi connectivity index (χ2v) is 11.0. The zero-order valence-corrected chi connectivity index (χ0v) is 22.9. The van der Waals surface area contributed by atoms with E-state index in [9.17, 15) is 18.0 Å². The van der Waals surface area contributed by atoms with Crippen molar-refractivity contribution in [2.45, 2.75) is 40.3 Å². The monoisotopic (exact) mass is 519 g/mol. The summed E-state index contributed by atoms with van der Waals surface area (Å²) >= 11 is 0. The summed E-state index contributed by atoms with van der Waals surface area (Å²) in [5.74, 6) is 0.0754. The lowest BCUT2D eigenvalue weighted by Gasteiger charge is -2.32. The molecule has 0 aromatic heterocycles. The van der Waals surface area contributed by atoms with Crippen LogP contribution in [0.4, 0.5) is 5.69 Å². The Balaban J connectivity index is 2.47. The summed E-state index contributed by atoms with van der Waals surface area (Å²) in [5, 5.41) is 2.86. The quantitative estimate of drug-likeness (QED) is 0.462. The minimum atomic E-state index is -3.90. The molecule has 2 aromatic rings. The van der Waals surface area contributed by atoms with E-state index >= 15 is 0 Å². The number of hydrogen-bond donors (Lipinski definition) is 1. The van der Waals surface area contributed by atoms with Gasteiger partial charge in [0.05, 0.1) is 26.2 Å². The molecule has 0 aliphatic rings. The van der Waals surface area contributed by atoms with Crippen molar-refractivity contribution in [1.82, 2.24) is 10.2 Å². The number of sulfonamides is 1. The van der Waals surface area contributed by atoms with Gasteiger partial charge in [0.1, 0.15) is 24.1 Å². The van der Waals surface area contributed by atoms with E-state index in [0.717, 1.165) is 21.7 Å². The van der Waals surface area contributed by atoms with Crippen LogP contribution in [0, 0.1) is 12.8 Å². The van der Waals surface area contributed by atoms with Gasteiger partial charge in [0.2, 0.25) is 21.8 Å². The molecular formula is C26H37N3O6S. The van der Waals surface area contributed by atoms with E-state index in [0.29, 0.717) is 12.3 Å². The third-order valence-electron chi connectivity index (χ3n) is 5.79. The number of carbonyl (C=O) groups excluding carboxylic acids is 2. The molecule has 1 unspecified atom stereocenters. The van der Waals surface area contributed by atoms with Crippen molar-refractivity contribution in [3.8, 4) is 11.5 Å². The highest BCUT2D eigenvalue weighted by Crippen LogP contribution is 2.34. The van der Waals surface area contributed by atoms with Crippen LogP contribution in [-0.4, -0.2) is 64.7 Å². The smallest absolute Gasteiger partial charge is 0.244 e. The van der Waals surface area contributed by atoms with Crippen LogP contribution < -0.4 is 19.1 Å². The summed E-state index contributed by atoms with van der Waals surface area (Å²) in [6.07, 6.45) is 1.02. The molecule has 9 nitrogen and oxygen atoms in total.